The lowest BCUT2D eigenvalue weighted by Gasteiger charge is -2.23. The van der Waals surface area contributed by atoms with Gasteiger partial charge in [0.1, 0.15) is 0 Å². The van der Waals surface area contributed by atoms with Crippen LogP contribution in [-0.2, 0) is 9.84 Å². The van der Waals surface area contributed by atoms with Gasteiger partial charge in [0, 0.05) is 4.47 Å². The van der Waals surface area contributed by atoms with Crippen molar-refractivity contribution in [3.63, 3.8) is 0 Å². The minimum Gasteiger partial charge on any atom is -0.381 e. The zero-order valence-electron chi connectivity index (χ0n) is 10.6. The van der Waals surface area contributed by atoms with Crippen molar-refractivity contribution in [2.24, 2.45) is 0 Å². The Bertz CT molecular complexity index is 716. The van der Waals surface area contributed by atoms with Crippen LogP contribution in [0.3, 0.4) is 0 Å². The second-order valence-electron chi connectivity index (χ2n) is 4.33. The van der Waals surface area contributed by atoms with Crippen molar-refractivity contribution in [1.82, 2.24) is 0 Å². The van der Waals surface area contributed by atoms with Gasteiger partial charge < -0.3 is 5.11 Å². The molecule has 0 bridgehead atoms. The van der Waals surface area contributed by atoms with Crippen molar-refractivity contribution in [2.75, 3.05) is 0 Å². The van der Waals surface area contributed by atoms with E-state index in [1.54, 1.807) is 0 Å². The van der Waals surface area contributed by atoms with Gasteiger partial charge in [0.05, 0.1) is 4.90 Å². The maximum Gasteiger partial charge on any atom is 0.379 e. The number of sulfone groups is 1. The van der Waals surface area contributed by atoms with Crippen LogP contribution < -0.4 is 0 Å². The van der Waals surface area contributed by atoms with Gasteiger partial charge in [-0.2, -0.15) is 8.78 Å². The van der Waals surface area contributed by atoms with Crippen LogP contribution in [0.5, 0.6) is 0 Å². The molecule has 1 atom stereocenters. The van der Waals surface area contributed by atoms with Crippen LogP contribution in [0.15, 0.2) is 64.0 Å². The fourth-order valence-corrected chi connectivity index (χ4v) is 3.27. The molecule has 1 N–H and O–H groups in total. The first-order valence-electron chi connectivity index (χ1n) is 5.88. The molecule has 0 radical (unpaired) electrons. The maximum absolute atomic E-state index is 14.2. The van der Waals surface area contributed by atoms with E-state index in [9.17, 15) is 22.3 Å². The van der Waals surface area contributed by atoms with Gasteiger partial charge in [0.15, 0.2) is 6.10 Å². The average molecular weight is 377 g/mol. The smallest absolute Gasteiger partial charge is 0.379 e. The molecule has 2 rings (SSSR count). The predicted octanol–water partition coefficient (Wildman–Crippen LogP) is 3.55. The quantitative estimate of drug-likeness (QED) is 0.887. The first-order chi connectivity index (χ1) is 9.76. The largest absolute Gasteiger partial charge is 0.381 e. The zero-order chi connectivity index (χ0) is 15.7. The summed E-state index contributed by atoms with van der Waals surface area (Å²) in [5.74, 6) is 0. The fraction of sp³-hybridized carbons (Fsp3) is 0.143. The molecule has 0 aliphatic rings. The summed E-state index contributed by atoms with van der Waals surface area (Å²) in [5, 5.41) is 5.46. The van der Waals surface area contributed by atoms with Crippen LogP contribution in [-0.4, -0.2) is 18.8 Å². The van der Waals surface area contributed by atoms with Crippen LogP contribution in [0.1, 0.15) is 11.7 Å². The molecule has 7 heteroatoms. The van der Waals surface area contributed by atoms with Crippen molar-refractivity contribution in [2.45, 2.75) is 16.3 Å². The summed E-state index contributed by atoms with van der Waals surface area (Å²) in [6.45, 7) is 0. The Labute approximate surface area is 129 Å². The molecule has 0 saturated heterocycles. The Balaban J connectivity index is 2.43. The molecule has 1 unspecified atom stereocenters. The minimum absolute atomic E-state index is 0.178. The summed E-state index contributed by atoms with van der Waals surface area (Å²) in [5.41, 5.74) is -0.178. The minimum atomic E-state index is -4.99. The molecule has 0 saturated carbocycles. The summed E-state index contributed by atoms with van der Waals surface area (Å²) >= 11 is 3.13. The van der Waals surface area contributed by atoms with Crippen molar-refractivity contribution >= 4 is 25.8 Å². The second kappa shape index (κ2) is 5.82. The Morgan fingerprint density at radius 3 is 2.05 bits per heavy atom. The van der Waals surface area contributed by atoms with Gasteiger partial charge in [-0.05, 0) is 29.8 Å². The van der Waals surface area contributed by atoms with Crippen molar-refractivity contribution in [3.05, 3.63) is 64.6 Å². The molecule has 3 nitrogen and oxygen atoms in total. The topological polar surface area (TPSA) is 54.4 Å². The van der Waals surface area contributed by atoms with Crippen LogP contribution in [0.2, 0.25) is 0 Å². The first kappa shape index (κ1) is 16.1. The highest BCUT2D eigenvalue weighted by Gasteiger charge is 2.53. The molecule has 0 spiro atoms. The van der Waals surface area contributed by atoms with E-state index >= 15 is 0 Å². The van der Waals surface area contributed by atoms with Gasteiger partial charge in [-0.1, -0.05) is 46.3 Å². The third-order valence-electron chi connectivity index (χ3n) is 2.92. The molecule has 0 fully saturated rings. The number of hydrogen-bond donors (Lipinski definition) is 1. The number of aliphatic hydroxyl groups is 1. The highest BCUT2D eigenvalue weighted by Crippen LogP contribution is 2.39. The summed E-state index contributed by atoms with van der Waals surface area (Å²) in [6, 6.07) is 11.7. The summed E-state index contributed by atoms with van der Waals surface area (Å²) in [4.78, 5) is -0.536. The summed E-state index contributed by atoms with van der Waals surface area (Å²) < 4.78 is 53.1. The molecule has 0 heterocycles. The molecule has 0 aromatic heterocycles. The van der Waals surface area contributed by atoms with Crippen LogP contribution in [0, 0.1) is 0 Å². The normalized spacial score (nSPS) is 13.9. The first-order valence-corrected chi connectivity index (χ1v) is 8.15. The molecule has 112 valence electrons. The van der Waals surface area contributed by atoms with Gasteiger partial charge in [-0.3, -0.25) is 0 Å². The standard InChI is InChI=1S/C14H11BrF2O3S/c15-11-8-6-10(7-9-11)13(18)14(16,17)21(19,20)12-4-2-1-3-5-12/h1-9,13,18H. The van der Waals surface area contributed by atoms with E-state index in [-0.39, 0.29) is 5.56 Å². The SMILES string of the molecule is O=S(=O)(c1ccccc1)C(F)(F)C(O)c1ccc(Br)cc1. The molecule has 0 aliphatic heterocycles. The number of alkyl halides is 2. The van der Waals surface area contributed by atoms with Crippen molar-refractivity contribution in [3.8, 4) is 0 Å². The molecule has 0 amide bonds. The van der Waals surface area contributed by atoms with E-state index in [2.05, 4.69) is 15.9 Å². The van der Waals surface area contributed by atoms with Gasteiger partial charge in [0.2, 0.25) is 9.84 Å². The van der Waals surface area contributed by atoms with Gasteiger partial charge in [0.25, 0.3) is 0 Å². The Kier molecular flexibility index (Phi) is 4.46. The van der Waals surface area contributed by atoms with Crippen LogP contribution in [0.25, 0.3) is 0 Å². The molecular weight excluding hydrogens is 366 g/mol. The lowest BCUT2D eigenvalue weighted by atomic mass is 10.1. The number of aliphatic hydroxyl groups excluding tert-OH is 1. The fourth-order valence-electron chi connectivity index (χ4n) is 1.74. The van der Waals surface area contributed by atoms with Crippen LogP contribution >= 0.6 is 15.9 Å². The van der Waals surface area contributed by atoms with Crippen LogP contribution in [0.4, 0.5) is 8.78 Å². The average Bonchev–Trinajstić information content (AvgIpc) is 2.48. The summed E-state index contributed by atoms with van der Waals surface area (Å²) in [7, 11) is -4.99. The molecule has 21 heavy (non-hydrogen) atoms. The van der Waals surface area contributed by atoms with Crippen molar-refractivity contribution in [1.29, 1.82) is 0 Å². The van der Waals surface area contributed by atoms with Gasteiger partial charge >= 0.3 is 5.25 Å². The molecule has 0 aliphatic carbocycles. The second-order valence-corrected chi connectivity index (χ2v) is 7.27. The van der Waals surface area contributed by atoms with E-state index in [0.717, 1.165) is 12.1 Å². The van der Waals surface area contributed by atoms with Crippen molar-refractivity contribution < 1.29 is 22.3 Å². The van der Waals surface area contributed by atoms with E-state index in [4.69, 9.17) is 0 Å². The molecule has 2 aromatic carbocycles. The Morgan fingerprint density at radius 2 is 1.52 bits per heavy atom. The third kappa shape index (κ3) is 3.00. The van der Waals surface area contributed by atoms with E-state index in [1.807, 2.05) is 0 Å². The number of rotatable bonds is 4. The number of benzene rings is 2. The van der Waals surface area contributed by atoms with Gasteiger partial charge in [-0.25, -0.2) is 8.42 Å². The lowest BCUT2D eigenvalue weighted by Crippen LogP contribution is -2.35. The van der Waals surface area contributed by atoms with E-state index in [1.165, 1.54) is 42.5 Å². The Morgan fingerprint density at radius 1 is 1.00 bits per heavy atom. The molecular formula is C14H11BrF2O3S. The van der Waals surface area contributed by atoms with Gasteiger partial charge in [-0.15, -0.1) is 0 Å². The summed E-state index contributed by atoms with van der Waals surface area (Å²) in [6.07, 6.45) is -2.45. The third-order valence-corrected chi connectivity index (χ3v) is 5.28. The highest BCUT2D eigenvalue weighted by atomic mass is 79.9. The zero-order valence-corrected chi connectivity index (χ0v) is 13.0. The molecule has 2 aromatic rings. The number of hydrogen-bond acceptors (Lipinski definition) is 3. The lowest BCUT2D eigenvalue weighted by molar-refractivity contribution is -0.0434. The monoisotopic (exact) mass is 376 g/mol. The van der Waals surface area contributed by atoms with E-state index < -0.39 is 26.1 Å². The predicted molar refractivity (Wildman–Crippen MR) is 77.7 cm³/mol. The van der Waals surface area contributed by atoms with E-state index in [0.29, 0.717) is 4.47 Å². The highest BCUT2D eigenvalue weighted by molar-refractivity contribution is 9.10. The maximum atomic E-state index is 14.2. The Hall–Kier alpha value is -1.31. The number of halogens is 3.